The normalized spacial score (nSPS) is 22.7. The van der Waals surface area contributed by atoms with Gasteiger partial charge < -0.3 is 43.8 Å². The SMILES string of the molecule is C=CCO[C@@]12Oc3ccc(Oc4ccc(-c5ccccc5)cc4)cc3[C@H]3[C@H](CCCCO)[C@@H](CCCCO)C=C(C(=NOCc4ccccc4)C[C@@H]1N(CCOCCO)C(=O)OC)[C@H]32. The van der Waals surface area contributed by atoms with Gasteiger partial charge in [-0.3, -0.25) is 4.90 Å². The van der Waals surface area contributed by atoms with E-state index in [2.05, 4.69) is 43.0 Å². The zero-order valence-electron chi connectivity index (χ0n) is 36.8. The van der Waals surface area contributed by atoms with Crippen molar-refractivity contribution in [2.45, 2.75) is 69.3 Å². The molecule has 0 aromatic heterocycles. The van der Waals surface area contributed by atoms with Gasteiger partial charge in [0.15, 0.2) is 0 Å². The maximum Gasteiger partial charge on any atom is 0.410 e. The van der Waals surface area contributed by atoms with Crippen LogP contribution in [0.3, 0.4) is 0 Å². The topological polar surface area (TPSA) is 149 Å². The van der Waals surface area contributed by atoms with Crippen LogP contribution in [0.25, 0.3) is 11.1 Å². The standard InChI is InChI=1S/C52H62N2O10/c1-3-30-61-52-48(54(51(58)59-2)26-31-60-32-29-57)35-46(53-62-36-37-14-6-4-7-15-37)44-33-40(18-10-12-27-55)43(19-11-13-28-56)49(50(44)52)45-34-42(24-25-47(45)64-52)63-41-22-20-39(21-23-41)38-16-8-5-9-17-38/h3-9,14-17,20-25,33-34,40,43,48-50,55-57H,1,10-13,18-19,26-32,35-36H2,2H3/t40-,43+,48-,49+,50+,52+/m0/s1. The van der Waals surface area contributed by atoms with Crippen molar-refractivity contribution in [1.82, 2.24) is 4.90 Å². The number of hydrogen-bond acceptors (Lipinski definition) is 11. The Kier molecular flexibility index (Phi) is 16.6. The number of nitrogens with zero attached hydrogens (tertiary/aromatic N) is 2. The van der Waals surface area contributed by atoms with Gasteiger partial charge in [0.2, 0.25) is 5.79 Å². The van der Waals surface area contributed by atoms with Gasteiger partial charge in [-0.15, -0.1) is 6.58 Å². The van der Waals surface area contributed by atoms with Crippen molar-refractivity contribution in [2.24, 2.45) is 22.9 Å². The number of methoxy groups -OCH3 is 1. The van der Waals surface area contributed by atoms with Gasteiger partial charge in [0.1, 0.15) is 29.9 Å². The van der Waals surface area contributed by atoms with E-state index in [-0.39, 0.29) is 77.0 Å². The molecule has 340 valence electrons. The first-order valence-corrected chi connectivity index (χ1v) is 22.6. The number of aliphatic hydroxyl groups is 3. The van der Waals surface area contributed by atoms with Gasteiger partial charge >= 0.3 is 6.09 Å². The van der Waals surface area contributed by atoms with Gasteiger partial charge in [-0.1, -0.05) is 103 Å². The zero-order valence-corrected chi connectivity index (χ0v) is 36.8. The van der Waals surface area contributed by atoms with Crippen molar-refractivity contribution < 1.29 is 48.6 Å². The first kappa shape index (κ1) is 46.5. The first-order valence-electron chi connectivity index (χ1n) is 22.6. The van der Waals surface area contributed by atoms with Crippen molar-refractivity contribution in [1.29, 1.82) is 0 Å². The van der Waals surface area contributed by atoms with Crippen LogP contribution in [0.15, 0.2) is 133 Å². The molecule has 2 aliphatic carbocycles. The summed E-state index contributed by atoms with van der Waals surface area (Å²) in [6, 6.07) is 33.2. The summed E-state index contributed by atoms with van der Waals surface area (Å²) in [5.74, 6) is -0.224. The highest BCUT2D eigenvalue weighted by molar-refractivity contribution is 6.03. The van der Waals surface area contributed by atoms with Crippen LogP contribution in [0, 0.1) is 17.8 Å². The van der Waals surface area contributed by atoms with Crippen LogP contribution in [0.2, 0.25) is 0 Å². The molecule has 1 heterocycles. The van der Waals surface area contributed by atoms with E-state index in [1.807, 2.05) is 72.8 Å². The van der Waals surface area contributed by atoms with E-state index in [9.17, 15) is 20.1 Å². The van der Waals surface area contributed by atoms with Crippen molar-refractivity contribution in [3.63, 3.8) is 0 Å². The second-order valence-corrected chi connectivity index (χ2v) is 16.5. The number of benzene rings is 4. The Hall–Kier alpha value is -5.50. The van der Waals surface area contributed by atoms with Crippen LogP contribution < -0.4 is 9.47 Å². The fraction of sp³-hybridized carbons (Fsp3) is 0.423. The summed E-state index contributed by atoms with van der Waals surface area (Å²) in [5, 5.41) is 34.3. The summed E-state index contributed by atoms with van der Waals surface area (Å²) in [5.41, 5.74) is 5.68. The number of ether oxygens (including phenoxy) is 5. The molecule has 6 atom stereocenters. The molecule has 7 rings (SSSR count). The summed E-state index contributed by atoms with van der Waals surface area (Å²) in [6.07, 6.45) is 8.10. The highest BCUT2D eigenvalue weighted by Gasteiger charge is 2.65. The third-order valence-electron chi connectivity index (χ3n) is 12.6. The molecule has 1 aliphatic heterocycles. The number of unbranched alkanes of at least 4 members (excludes halogenated alkanes) is 2. The van der Waals surface area contributed by atoms with E-state index >= 15 is 0 Å². The lowest BCUT2D eigenvalue weighted by Gasteiger charge is -2.59. The average Bonchev–Trinajstić information content (AvgIpc) is 3.33. The molecule has 0 radical (unpaired) electrons. The Morgan fingerprint density at radius 1 is 0.859 bits per heavy atom. The fourth-order valence-corrected chi connectivity index (χ4v) is 9.77. The third kappa shape index (κ3) is 10.7. The van der Waals surface area contributed by atoms with Crippen molar-refractivity contribution in [3.8, 4) is 28.4 Å². The van der Waals surface area contributed by atoms with E-state index < -0.39 is 23.8 Å². The van der Waals surface area contributed by atoms with E-state index in [4.69, 9.17) is 33.7 Å². The maximum atomic E-state index is 14.0. The minimum atomic E-state index is -1.47. The van der Waals surface area contributed by atoms with Crippen LogP contribution >= 0.6 is 0 Å². The quantitative estimate of drug-likeness (QED) is 0.0375. The van der Waals surface area contributed by atoms with E-state index in [1.54, 1.807) is 11.0 Å². The van der Waals surface area contributed by atoms with Crippen LogP contribution in [0.4, 0.5) is 4.79 Å². The molecule has 3 aliphatic rings. The molecule has 0 unspecified atom stereocenters. The number of carbonyl (C=O) groups is 1. The Bertz CT molecular complexity index is 2160. The summed E-state index contributed by atoms with van der Waals surface area (Å²) in [7, 11) is 1.35. The number of hydrogen-bond donors (Lipinski definition) is 3. The van der Waals surface area contributed by atoms with Gasteiger partial charge in [-0.05, 0) is 90.1 Å². The summed E-state index contributed by atoms with van der Waals surface area (Å²) < 4.78 is 32.1. The lowest BCUT2D eigenvalue weighted by Crippen LogP contribution is -2.70. The lowest BCUT2D eigenvalue weighted by molar-refractivity contribution is -0.255. The molecule has 0 spiro atoms. The number of aliphatic hydroxyl groups excluding tert-OH is 3. The van der Waals surface area contributed by atoms with E-state index in [0.29, 0.717) is 35.8 Å². The molecule has 1 fully saturated rings. The Morgan fingerprint density at radius 2 is 1.56 bits per heavy atom. The minimum Gasteiger partial charge on any atom is -0.459 e. The van der Waals surface area contributed by atoms with E-state index in [1.165, 1.54) is 7.11 Å². The van der Waals surface area contributed by atoms with Crippen LogP contribution in [0.1, 0.15) is 62.0 Å². The van der Waals surface area contributed by atoms with Gasteiger partial charge in [-0.25, -0.2) is 4.79 Å². The van der Waals surface area contributed by atoms with Crippen molar-refractivity contribution >= 4 is 11.8 Å². The summed E-state index contributed by atoms with van der Waals surface area (Å²) in [6.45, 7) is 4.72. The molecule has 4 aromatic carbocycles. The van der Waals surface area contributed by atoms with Gasteiger partial charge in [0, 0.05) is 37.7 Å². The second-order valence-electron chi connectivity index (χ2n) is 16.5. The smallest absolute Gasteiger partial charge is 0.410 e. The van der Waals surface area contributed by atoms with E-state index in [0.717, 1.165) is 53.5 Å². The highest BCUT2D eigenvalue weighted by atomic mass is 16.7. The van der Waals surface area contributed by atoms with Crippen LogP contribution in [-0.4, -0.2) is 97.1 Å². The zero-order chi connectivity index (χ0) is 44.7. The Balaban J connectivity index is 1.39. The Morgan fingerprint density at radius 3 is 2.27 bits per heavy atom. The predicted molar refractivity (Wildman–Crippen MR) is 245 cm³/mol. The predicted octanol–water partition coefficient (Wildman–Crippen LogP) is 9.06. The van der Waals surface area contributed by atoms with Crippen molar-refractivity contribution in [2.75, 3.05) is 53.3 Å². The summed E-state index contributed by atoms with van der Waals surface area (Å²) in [4.78, 5) is 21.8. The number of amides is 1. The lowest BCUT2D eigenvalue weighted by atomic mass is 9.55. The Labute approximate surface area is 376 Å². The molecule has 1 amide bonds. The average molecular weight is 875 g/mol. The monoisotopic (exact) mass is 874 g/mol. The molecule has 1 saturated carbocycles. The second kappa shape index (κ2) is 22.9. The van der Waals surface area contributed by atoms with Gasteiger partial charge in [0.05, 0.1) is 45.2 Å². The molecule has 12 heteroatoms. The summed E-state index contributed by atoms with van der Waals surface area (Å²) >= 11 is 0. The fourth-order valence-electron chi connectivity index (χ4n) is 9.77. The molecule has 12 nitrogen and oxygen atoms in total. The molecular formula is C52H62N2O10. The molecular weight excluding hydrogens is 813 g/mol. The highest BCUT2D eigenvalue weighted by Crippen LogP contribution is 2.62. The molecule has 0 bridgehead atoms. The minimum absolute atomic E-state index is 0.0263. The van der Waals surface area contributed by atoms with Gasteiger partial charge in [0.25, 0.3) is 0 Å². The number of carbonyl (C=O) groups excluding carboxylic acids is 1. The van der Waals surface area contributed by atoms with Crippen molar-refractivity contribution in [3.05, 3.63) is 139 Å². The number of rotatable bonds is 23. The largest absolute Gasteiger partial charge is 0.459 e. The first-order chi connectivity index (χ1) is 31.4. The molecule has 4 aromatic rings. The molecule has 0 saturated heterocycles. The number of oxime groups is 1. The molecule has 64 heavy (non-hydrogen) atoms. The van der Waals surface area contributed by atoms with Gasteiger partial charge in [-0.2, -0.15) is 0 Å². The van der Waals surface area contributed by atoms with Crippen LogP contribution in [-0.2, 0) is 25.7 Å². The van der Waals surface area contributed by atoms with Crippen LogP contribution in [0.5, 0.6) is 17.2 Å². The number of allylic oxidation sites excluding steroid dienone is 1. The molecule has 3 N–H and O–H groups in total. The maximum absolute atomic E-state index is 14.0. The number of fused-ring (bicyclic) bond motifs is 2. The third-order valence-corrected chi connectivity index (χ3v) is 12.6.